The van der Waals surface area contributed by atoms with E-state index in [0.29, 0.717) is 23.5 Å². The highest BCUT2D eigenvalue weighted by molar-refractivity contribution is 5.18. The first-order valence-corrected chi connectivity index (χ1v) is 8.00. The molecule has 0 amide bonds. The van der Waals surface area contributed by atoms with Gasteiger partial charge in [0.1, 0.15) is 0 Å². The molecule has 1 N–H and O–H groups in total. The summed E-state index contributed by atoms with van der Waals surface area (Å²) < 4.78 is 5.85. The number of rotatable bonds is 5. The predicted octanol–water partition coefficient (Wildman–Crippen LogP) is 3.58. The van der Waals surface area contributed by atoms with Crippen LogP contribution in [0.3, 0.4) is 0 Å². The summed E-state index contributed by atoms with van der Waals surface area (Å²) in [6.07, 6.45) is 2.93. The SMILES string of the molecule is CC(CCNC1C2CCOC2C1(C)C)c1ccccc1. The van der Waals surface area contributed by atoms with Gasteiger partial charge in [-0.3, -0.25) is 0 Å². The van der Waals surface area contributed by atoms with E-state index in [1.165, 1.54) is 18.4 Å². The standard InChI is InChI=1S/C18H27NO/c1-13(14-7-5-4-6-8-14)9-11-19-16-15-10-12-20-17(15)18(16,2)3/h4-8,13,15-17,19H,9-12H2,1-3H3. The van der Waals surface area contributed by atoms with Gasteiger partial charge in [-0.25, -0.2) is 0 Å². The van der Waals surface area contributed by atoms with Gasteiger partial charge in [-0.05, 0) is 30.9 Å². The molecule has 1 saturated carbocycles. The van der Waals surface area contributed by atoms with E-state index in [4.69, 9.17) is 4.74 Å². The third-order valence-corrected chi connectivity index (χ3v) is 5.41. The molecule has 0 bridgehead atoms. The van der Waals surface area contributed by atoms with Gasteiger partial charge in [0, 0.05) is 24.0 Å². The van der Waals surface area contributed by atoms with Crippen LogP contribution < -0.4 is 5.32 Å². The molecule has 1 aliphatic carbocycles. The first-order chi connectivity index (χ1) is 9.60. The Morgan fingerprint density at radius 2 is 2.05 bits per heavy atom. The van der Waals surface area contributed by atoms with E-state index in [9.17, 15) is 0 Å². The number of hydrogen-bond acceptors (Lipinski definition) is 2. The van der Waals surface area contributed by atoms with E-state index >= 15 is 0 Å². The smallest absolute Gasteiger partial charge is 0.0685 e. The second-order valence-electron chi connectivity index (χ2n) is 7.10. The number of fused-ring (bicyclic) bond motifs is 1. The van der Waals surface area contributed by atoms with Crippen LogP contribution in [0.2, 0.25) is 0 Å². The zero-order valence-corrected chi connectivity index (χ0v) is 12.9. The van der Waals surface area contributed by atoms with Crippen molar-refractivity contribution in [3.8, 4) is 0 Å². The summed E-state index contributed by atoms with van der Waals surface area (Å²) in [6.45, 7) is 9.07. The minimum atomic E-state index is 0.303. The highest BCUT2D eigenvalue weighted by Crippen LogP contribution is 2.52. The van der Waals surface area contributed by atoms with Crippen LogP contribution in [0.5, 0.6) is 0 Å². The summed E-state index contributed by atoms with van der Waals surface area (Å²) in [5.74, 6) is 1.37. The Balaban J connectivity index is 1.49. The molecule has 1 aliphatic heterocycles. The quantitative estimate of drug-likeness (QED) is 0.885. The van der Waals surface area contributed by atoms with E-state index in [1.807, 2.05) is 0 Å². The number of ether oxygens (including phenoxy) is 1. The number of nitrogens with one attached hydrogen (secondary N) is 1. The first kappa shape index (κ1) is 14.1. The maximum atomic E-state index is 5.85. The molecular formula is C18H27NO. The lowest BCUT2D eigenvalue weighted by molar-refractivity contribution is -0.112. The Labute approximate surface area is 122 Å². The van der Waals surface area contributed by atoms with Gasteiger partial charge in [0.2, 0.25) is 0 Å². The molecule has 0 aromatic heterocycles. The zero-order chi connectivity index (χ0) is 14.2. The summed E-state index contributed by atoms with van der Waals surface area (Å²) in [6, 6.07) is 11.5. The average Bonchev–Trinajstić information content (AvgIpc) is 2.91. The fraction of sp³-hybridized carbons (Fsp3) is 0.667. The maximum Gasteiger partial charge on any atom is 0.0685 e. The maximum absolute atomic E-state index is 5.85. The average molecular weight is 273 g/mol. The molecule has 4 atom stereocenters. The van der Waals surface area contributed by atoms with Gasteiger partial charge in [0.15, 0.2) is 0 Å². The Hall–Kier alpha value is -0.860. The summed E-state index contributed by atoms with van der Waals surface area (Å²) in [5.41, 5.74) is 1.75. The fourth-order valence-electron chi connectivity index (χ4n) is 4.14. The Morgan fingerprint density at radius 1 is 1.30 bits per heavy atom. The summed E-state index contributed by atoms with van der Waals surface area (Å²) in [4.78, 5) is 0. The van der Waals surface area contributed by atoms with Crippen LogP contribution in [-0.4, -0.2) is 25.3 Å². The summed E-state index contributed by atoms with van der Waals surface area (Å²) in [7, 11) is 0. The van der Waals surface area contributed by atoms with Crippen LogP contribution in [0.4, 0.5) is 0 Å². The lowest BCUT2D eigenvalue weighted by atomic mass is 9.57. The fourth-order valence-corrected chi connectivity index (χ4v) is 4.14. The molecule has 2 fully saturated rings. The van der Waals surface area contributed by atoms with Crippen molar-refractivity contribution in [2.45, 2.75) is 51.7 Å². The van der Waals surface area contributed by atoms with Gasteiger partial charge in [-0.1, -0.05) is 51.1 Å². The topological polar surface area (TPSA) is 21.3 Å². The Morgan fingerprint density at radius 3 is 2.80 bits per heavy atom. The van der Waals surface area contributed by atoms with Crippen LogP contribution in [0, 0.1) is 11.3 Å². The molecule has 1 aromatic carbocycles. The number of hydrogen-bond donors (Lipinski definition) is 1. The Kier molecular flexibility index (Phi) is 3.87. The minimum absolute atomic E-state index is 0.303. The van der Waals surface area contributed by atoms with Gasteiger partial charge >= 0.3 is 0 Å². The van der Waals surface area contributed by atoms with Crippen molar-refractivity contribution in [1.29, 1.82) is 0 Å². The van der Waals surface area contributed by atoms with Crippen molar-refractivity contribution in [2.75, 3.05) is 13.2 Å². The van der Waals surface area contributed by atoms with Crippen molar-refractivity contribution in [3.05, 3.63) is 35.9 Å². The van der Waals surface area contributed by atoms with Gasteiger partial charge in [0.25, 0.3) is 0 Å². The monoisotopic (exact) mass is 273 g/mol. The van der Waals surface area contributed by atoms with E-state index in [0.717, 1.165) is 19.1 Å². The van der Waals surface area contributed by atoms with Crippen LogP contribution in [0.1, 0.15) is 45.1 Å². The predicted molar refractivity (Wildman–Crippen MR) is 82.9 cm³/mol. The molecule has 4 unspecified atom stereocenters. The molecule has 20 heavy (non-hydrogen) atoms. The van der Waals surface area contributed by atoms with Gasteiger partial charge < -0.3 is 10.1 Å². The van der Waals surface area contributed by atoms with Crippen molar-refractivity contribution in [3.63, 3.8) is 0 Å². The van der Waals surface area contributed by atoms with Gasteiger partial charge in [-0.15, -0.1) is 0 Å². The largest absolute Gasteiger partial charge is 0.377 e. The van der Waals surface area contributed by atoms with E-state index in [-0.39, 0.29) is 0 Å². The molecule has 1 saturated heterocycles. The second kappa shape index (κ2) is 5.50. The third-order valence-electron chi connectivity index (χ3n) is 5.41. The second-order valence-corrected chi connectivity index (χ2v) is 7.10. The molecule has 110 valence electrons. The van der Waals surface area contributed by atoms with Crippen LogP contribution in [0.15, 0.2) is 30.3 Å². The summed E-state index contributed by atoms with van der Waals surface area (Å²) >= 11 is 0. The molecule has 1 aromatic rings. The minimum Gasteiger partial charge on any atom is -0.377 e. The van der Waals surface area contributed by atoms with Crippen LogP contribution in [-0.2, 0) is 4.74 Å². The van der Waals surface area contributed by atoms with E-state index in [1.54, 1.807) is 0 Å². The molecule has 1 heterocycles. The summed E-state index contributed by atoms with van der Waals surface area (Å²) in [5, 5.41) is 3.80. The first-order valence-electron chi connectivity index (χ1n) is 8.00. The number of benzene rings is 1. The van der Waals surface area contributed by atoms with E-state index in [2.05, 4.69) is 56.4 Å². The van der Waals surface area contributed by atoms with Crippen molar-refractivity contribution in [2.24, 2.45) is 11.3 Å². The van der Waals surface area contributed by atoms with Gasteiger partial charge in [0.05, 0.1) is 6.10 Å². The highest BCUT2D eigenvalue weighted by atomic mass is 16.5. The molecule has 0 spiro atoms. The van der Waals surface area contributed by atoms with Crippen LogP contribution >= 0.6 is 0 Å². The molecule has 2 heteroatoms. The molecule has 2 nitrogen and oxygen atoms in total. The lowest BCUT2D eigenvalue weighted by Crippen LogP contribution is -2.65. The third kappa shape index (κ3) is 2.40. The van der Waals surface area contributed by atoms with E-state index < -0.39 is 0 Å². The molecule has 0 radical (unpaired) electrons. The molecule has 2 aliphatic rings. The van der Waals surface area contributed by atoms with Crippen molar-refractivity contribution < 1.29 is 4.74 Å². The molecular weight excluding hydrogens is 246 g/mol. The molecule has 3 rings (SSSR count). The van der Waals surface area contributed by atoms with Crippen LogP contribution in [0.25, 0.3) is 0 Å². The highest BCUT2D eigenvalue weighted by Gasteiger charge is 2.58. The lowest BCUT2D eigenvalue weighted by Gasteiger charge is -2.55. The Bertz CT molecular complexity index is 442. The van der Waals surface area contributed by atoms with Crippen molar-refractivity contribution >= 4 is 0 Å². The normalized spacial score (nSPS) is 32.5. The van der Waals surface area contributed by atoms with Gasteiger partial charge in [-0.2, -0.15) is 0 Å². The zero-order valence-electron chi connectivity index (χ0n) is 12.9. The van der Waals surface area contributed by atoms with Crippen molar-refractivity contribution in [1.82, 2.24) is 5.32 Å².